The molecule has 58 heavy (non-hydrogen) atoms. The third kappa shape index (κ3) is 9.13. The number of rotatable bonds is 15. The first-order valence-corrected chi connectivity index (χ1v) is 23.9. The summed E-state index contributed by atoms with van der Waals surface area (Å²) in [5.41, 5.74) is 10.1. The molecule has 4 aromatic rings. The van der Waals surface area contributed by atoms with E-state index in [1.54, 1.807) is 11.8 Å². The number of aromatic nitrogens is 1. The van der Waals surface area contributed by atoms with Gasteiger partial charge in [-0.05, 0) is 105 Å². The molecule has 0 atom stereocenters. The Morgan fingerprint density at radius 3 is 2.21 bits per heavy atom. The summed E-state index contributed by atoms with van der Waals surface area (Å²) in [6, 6.07) is 24.5. The second-order valence-electron chi connectivity index (χ2n) is 16.3. The lowest BCUT2D eigenvalue weighted by molar-refractivity contribution is -0.438. The highest BCUT2D eigenvalue weighted by molar-refractivity contribution is 8.03. The van der Waals surface area contributed by atoms with Gasteiger partial charge in [-0.15, -0.1) is 0 Å². The van der Waals surface area contributed by atoms with Crippen LogP contribution in [0.1, 0.15) is 83.8 Å². The lowest BCUT2D eigenvalue weighted by Gasteiger charge is -2.27. The Labute approximate surface area is 346 Å². The maximum absolute atomic E-state index is 11.5. The Morgan fingerprint density at radius 1 is 0.793 bits per heavy atom. The van der Waals surface area contributed by atoms with E-state index in [0.717, 1.165) is 58.1 Å². The number of allylic oxidation sites excluding steroid dienone is 7. The molecule has 7 rings (SSSR count). The molecule has 2 N–H and O–H groups in total. The number of benzene rings is 3. The average molecular weight is 843 g/mol. The molecule has 0 radical (unpaired) electrons. The summed E-state index contributed by atoms with van der Waals surface area (Å²) in [4.78, 5) is 8.23. The molecule has 0 saturated heterocycles. The predicted octanol–water partition coefficient (Wildman–Crippen LogP) is 9.93. The van der Waals surface area contributed by atoms with E-state index < -0.39 is 20.2 Å². The van der Waals surface area contributed by atoms with Crippen molar-refractivity contribution in [3.63, 3.8) is 0 Å². The number of para-hydroxylation sites is 4. The molecule has 3 aromatic carbocycles. The van der Waals surface area contributed by atoms with Crippen molar-refractivity contribution in [3.05, 3.63) is 130 Å². The zero-order chi connectivity index (χ0) is 41.3. The first-order chi connectivity index (χ1) is 27.5. The summed E-state index contributed by atoms with van der Waals surface area (Å²) in [5, 5.41) is 0.568. The van der Waals surface area contributed by atoms with Crippen LogP contribution in [0.5, 0.6) is 0 Å². The summed E-state index contributed by atoms with van der Waals surface area (Å²) >= 11 is 1.54. The third-order valence-corrected chi connectivity index (χ3v) is 14.2. The van der Waals surface area contributed by atoms with Gasteiger partial charge in [-0.1, -0.05) is 74.5 Å². The molecule has 3 heterocycles. The number of thioether (sulfide) groups is 1. The van der Waals surface area contributed by atoms with Crippen LogP contribution in [0.15, 0.2) is 128 Å². The van der Waals surface area contributed by atoms with Gasteiger partial charge < -0.3 is 9.32 Å². The van der Waals surface area contributed by atoms with Gasteiger partial charge in [0.25, 0.3) is 25.5 Å². The van der Waals surface area contributed by atoms with Crippen LogP contribution in [-0.2, 0) is 31.1 Å². The van der Waals surface area contributed by atoms with Crippen molar-refractivity contribution < 1.29 is 34.9 Å². The maximum atomic E-state index is 11.5. The zero-order valence-corrected chi connectivity index (χ0v) is 36.0. The maximum Gasteiger partial charge on any atom is 0.264 e. The van der Waals surface area contributed by atoms with Gasteiger partial charge in [0.1, 0.15) is 12.1 Å². The fourth-order valence-corrected chi connectivity index (χ4v) is 10.8. The SMILES string of the molecule is CC1(C)C(/C=C/C2=C(Sc3nc4ccccc4o3)C(=C/C=C3\N(CCCCS(=O)(=O)O)c4ccccc4C3(C)C)/CCC2)=[N+](CCCCS(=O)(=O)O)c2ccccc21. The minimum absolute atomic E-state index is 0.263. The summed E-state index contributed by atoms with van der Waals surface area (Å²) in [6.07, 6.45) is 13.5. The van der Waals surface area contributed by atoms with Crippen LogP contribution in [-0.4, -0.2) is 65.8 Å². The Bertz CT molecular complexity index is 2560. The van der Waals surface area contributed by atoms with Crippen LogP contribution in [0.4, 0.5) is 11.4 Å². The number of hydrogen-bond donors (Lipinski definition) is 2. The molecular weight excluding hydrogens is 791 g/mol. The van der Waals surface area contributed by atoms with Crippen molar-refractivity contribution in [1.82, 2.24) is 4.98 Å². The summed E-state index contributed by atoms with van der Waals surface area (Å²) < 4.78 is 73.2. The van der Waals surface area contributed by atoms with Gasteiger partial charge in [0.2, 0.25) is 5.69 Å². The number of anilines is 1. The molecule has 0 saturated carbocycles. The highest BCUT2D eigenvalue weighted by atomic mass is 32.2. The van der Waals surface area contributed by atoms with Crippen molar-refractivity contribution in [1.29, 1.82) is 0 Å². The quantitative estimate of drug-likeness (QED) is 0.0675. The van der Waals surface area contributed by atoms with E-state index in [9.17, 15) is 25.9 Å². The standard InChI is InChI=1S/C45H51N3O7S3/c1-44(2)34-18-5-8-21-37(34)47(28-11-13-30-57(49,50)51)40(44)26-24-32-16-15-17-33(42(32)56-43-46-36-20-7-10-23-39(36)55-43)25-27-41-45(3,4)35-19-6-9-22-38(35)48(41)29-12-14-31-58(52,53)54/h5-10,18-27H,11-17,28-31H2,1-4H3,(H-,49,50,51,52,53,54)/p+1. The molecule has 2 aliphatic heterocycles. The molecule has 0 fully saturated rings. The van der Waals surface area contributed by atoms with Crippen molar-refractivity contribution in [2.24, 2.45) is 0 Å². The van der Waals surface area contributed by atoms with Crippen molar-refractivity contribution >= 4 is 60.2 Å². The van der Waals surface area contributed by atoms with Crippen LogP contribution in [0.2, 0.25) is 0 Å². The lowest BCUT2D eigenvalue weighted by Crippen LogP contribution is -2.28. The van der Waals surface area contributed by atoms with Crippen molar-refractivity contribution in [2.75, 3.05) is 29.5 Å². The smallest absolute Gasteiger partial charge is 0.264 e. The van der Waals surface area contributed by atoms with E-state index in [-0.39, 0.29) is 22.3 Å². The van der Waals surface area contributed by atoms with E-state index in [4.69, 9.17) is 9.40 Å². The average Bonchev–Trinajstić information content (AvgIpc) is 3.75. The van der Waals surface area contributed by atoms with E-state index in [1.807, 2.05) is 36.4 Å². The number of fused-ring (bicyclic) bond motifs is 3. The number of oxazole rings is 1. The molecule has 306 valence electrons. The van der Waals surface area contributed by atoms with Gasteiger partial charge in [-0.3, -0.25) is 9.11 Å². The Morgan fingerprint density at radius 2 is 1.47 bits per heavy atom. The molecule has 13 heteroatoms. The Balaban J connectivity index is 1.29. The first-order valence-electron chi connectivity index (χ1n) is 19.9. The minimum atomic E-state index is -4.03. The van der Waals surface area contributed by atoms with Crippen molar-refractivity contribution in [3.8, 4) is 0 Å². The Kier molecular flexibility index (Phi) is 12.1. The molecular formula is C45H52N3O7S3+. The summed E-state index contributed by atoms with van der Waals surface area (Å²) in [6.45, 7) is 10.1. The molecule has 0 bridgehead atoms. The monoisotopic (exact) mass is 842 g/mol. The predicted molar refractivity (Wildman–Crippen MR) is 233 cm³/mol. The first kappa shape index (κ1) is 41.9. The van der Waals surface area contributed by atoms with Gasteiger partial charge in [0.15, 0.2) is 11.3 Å². The molecule has 10 nitrogen and oxygen atoms in total. The summed E-state index contributed by atoms with van der Waals surface area (Å²) in [5.74, 6) is -0.526. The number of unbranched alkanes of at least 4 members (excludes halogenated alkanes) is 2. The largest absolute Gasteiger partial charge is 0.431 e. The highest BCUT2D eigenvalue weighted by Gasteiger charge is 2.44. The molecule has 0 amide bonds. The van der Waals surface area contributed by atoms with Crippen LogP contribution in [0.25, 0.3) is 11.1 Å². The van der Waals surface area contributed by atoms with E-state index >= 15 is 0 Å². The molecule has 0 unspecified atom stereocenters. The third-order valence-electron chi connectivity index (χ3n) is 11.5. The number of hydrogen-bond acceptors (Lipinski definition) is 8. The molecule has 1 aliphatic carbocycles. The normalized spacial score (nSPS) is 19.3. The van der Waals surface area contributed by atoms with Gasteiger partial charge in [-0.25, -0.2) is 4.98 Å². The van der Waals surface area contributed by atoms with Crippen LogP contribution < -0.4 is 4.90 Å². The molecule has 0 spiro atoms. The minimum Gasteiger partial charge on any atom is -0.431 e. The molecule has 3 aliphatic rings. The number of nitrogens with zero attached hydrogens (tertiary/aromatic N) is 3. The van der Waals surface area contributed by atoms with E-state index in [1.165, 1.54) is 22.3 Å². The molecule has 1 aromatic heterocycles. The lowest BCUT2D eigenvalue weighted by atomic mass is 9.81. The zero-order valence-electron chi connectivity index (χ0n) is 33.5. The summed E-state index contributed by atoms with van der Waals surface area (Å²) in [7, 11) is -8.07. The van der Waals surface area contributed by atoms with E-state index in [0.29, 0.717) is 44.0 Å². The van der Waals surface area contributed by atoms with Gasteiger partial charge in [0.05, 0.1) is 16.9 Å². The Hall–Kier alpha value is -4.27. The van der Waals surface area contributed by atoms with Gasteiger partial charge >= 0.3 is 0 Å². The second-order valence-corrected chi connectivity index (χ2v) is 20.4. The van der Waals surface area contributed by atoms with Gasteiger partial charge in [0, 0.05) is 52.4 Å². The fraction of sp³-hybridized carbons (Fsp3) is 0.378. The van der Waals surface area contributed by atoms with E-state index in [2.05, 4.69) is 97.9 Å². The topological polar surface area (TPSA) is 141 Å². The van der Waals surface area contributed by atoms with Crippen LogP contribution in [0, 0.1) is 0 Å². The highest BCUT2D eigenvalue weighted by Crippen LogP contribution is 2.49. The fourth-order valence-electron chi connectivity index (χ4n) is 8.57. The van der Waals surface area contributed by atoms with Gasteiger partial charge in [-0.2, -0.15) is 21.4 Å². The van der Waals surface area contributed by atoms with Crippen LogP contribution >= 0.6 is 11.8 Å². The van der Waals surface area contributed by atoms with Crippen molar-refractivity contribution in [2.45, 2.75) is 88.7 Å². The second kappa shape index (κ2) is 16.8. The van der Waals surface area contributed by atoms with Crippen LogP contribution in [0.3, 0.4) is 0 Å².